The van der Waals surface area contributed by atoms with Gasteiger partial charge in [0, 0.05) is 30.3 Å². The van der Waals surface area contributed by atoms with Crippen LogP contribution in [0, 0.1) is 3.57 Å². The van der Waals surface area contributed by atoms with Crippen molar-refractivity contribution in [2.75, 3.05) is 31.1 Å². The Bertz CT molecular complexity index is 1620. The van der Waals surface area contributed by atoms with Crippen molar-refractivity contribution in [1.29, 1.82) is 0 Å². The topological polar surface area (TPSA) is 86.3 Å². The largest absolute Gasteiger partial charge is 0.573 e. The molecule has 39 heavy (non-hydrogen) atoms. The van der Waals surface area contributed by atoms with E-state index in [-0.39, 0.29) is 17.7 Å². The van der Waals surface area contributed by atoms with Gasteiger partial charge >= 0.3 is 12.1 Å². The summed E-state index contributed by atoms with van der Waals surface area (Å²) >= 11 is 2.25. The number of hydrogen-bond acceptors (Lipinski definition) is 6. The molecule has 0 radical (unpaired) electrons. The Morgan fingerprint density at radius 3 is 2.59 bits per heavy atom. The summed E-state index contributed by atoms with van der Waals surface area (Å²) in [5.74, 6) is 0.172. The SMILES string of the molecule is Cn1c(=O)n(Cc2cccc(OC(F)(F)F)c2)c(=O)c2c1nc(N1CCCNCC1)n2Cc1ccccc1I. The molecule has 13 heteroatoms. The maximum atomic E-state index is 13.9. The lowest BCUT2D eigenvalue weighted by Gasteiger charge is -2.22. The highest BCUT2D eigenvalue weighted by atomic mass is 127. The van der Waals surface area contributed by atoms with Crippen molar-refractivity contribution in [3.8, 4) is 5.75 Å². The molecule has 9 nitrogen and oxygen atoms in total. The Balaban J connectivity index is 1.66. The van der Waals surface area contributed by atoms with Gasteiger partial charge in [-0.3, -0.25) is 18.5 Å². The molecule has 5 rings (SSSR count). The molecule has 1 fully saturated rings. The van der Waals surface area contributed by atoms with Gasteiger partial charge in [-0.2, -0.15) is 4.98 Å². The Morgan fingerprint density at radius 2 is 1.82 bits per heavy atom. The first-order chi connectivity index (χ1) is 18.6. The van der Waals surface area contributed by atoms with Gasteiger partial charge in [0.25, 0.3) is 5.56 Å². The maximum absolute atomic E-state index is 13.9. The number of aryl methyl sites for hydroxylation is 1. The van der Waals surface area contributed by atoms with Gasteiger partial charge < -0.3 is 15.0 Å². The van der Waals surface area contributed by atoms with Crippen LogP contribution in [0.4, 0.5) is 19.1 Å². The number of benzene rings is 2. The molecule has 1 saturated heterocycles. The lowest BCUT2D eigenvalue weighted by atomic mass is 10.2. The van der Waals surface area contributed by atoms with Crippen LogP contribution >= 0.6 is 22.6 Å². The van der Waals surface area contributed by atoms with Crippen molar-refractivity contribution in [3.05, 3.63) is 84.1 Å². The molecule has 206 valence electrons. The molecule has 0 saturated carbocycles. The number of halogens is 4. The lowest BCUT2D eigenvalue weighted by Crippen LogP contribution is -2.40. The van der Waals surface area contributed by atoms with E-state index in [0.717, 1.165) is 39.8 Å². The fourth-order valence-electron chi connectivity index (χ4n) is 4.76. The molecule has 1 N–H and O–H groups in total. The first-order valence-corrected chi connectivity index (χ1v) is 13.4. The van der Waals surface area contributed by atoms with E-state index in [1.165, 1.54) is 22.8 Å². The number of hydrogen-bond donors (Lipinski definition) is 1. The molecule has 1 aliphatic heterocycles. The predicted octanol–water partition coefficient (Wildman–Crippen LogP) is 3.30. The van der Waals surface area contributed by atoms with Crippen LogP contribution in [0.2, 0.25) is 0 Å². The summed E-state index contributed by atoms with van der Waals surface area (Å²) in [7, 11) is 1.54. The molecule has 0 spiro atoms. The standard InChI is InChI=1S/C26H26F3IN6O3/c1-33-22-21(23(37)36(25(33)38)15-17-6-4-8-19(14-17)39-26(27,28)29)35(16-18-7-2-3-9-20(18)30)24(32-22)34-12-5-10-31-11-13-34/h2-4,6-9,14,31H,5,10-13,15-16H2,1H3. The minimum atomic E-state index is -4.86. The monoisotopic (exact) mass is 654 g/mol. The van der Waals surface area contributed by atoms with Crippen LogP contribution in [0.1, 0.15) is 17.5 Å². The van der Waals surface area contributed by atoms with E-state index >= 15 is 0 Å². The molecule has 0 aliphatic carbocycles. The van der Waals surface area contributed by atoms with Gasteiger partial charge in [0.2, 0.25) is 5.95 Å². The summed E-state index contributed by atoms with van der Waals surface area (Å²) in [6.07, 6.45) is -3.96. The Hall–Kier alpha value is -3.33. The molecule has 4 aromatic rings. The number of alkyl halides is 3. The number of nitrogens with zero attached hydrogens (tertiary/aromatic N) is 5. The van der Waals surface area contributed by atoms with Crippen LogP contribution < -0.4 is 26.2 Å². The van der Waals surface area contributed by atoms with Gasteiger partial charge in [-0.1, -0.05) is 30.3 Å². The number of rotatable bonds is 6. The van der Waals surface area contributed by atoms with Gasteiger partial charge in [0.15, 0.2) is 11.2 Å². The van der Waals surface area contributed by atoms with E-state index in [4.69, 9.17) is 4.98 Å². The van der Waals surface area contributed by atoms with Crippen LogP contribution in [-0.4, -0.2) is 51.2 Å². The highest BCUT2D eigenvalue weighted by molar-refractivity contribution is 14.1. The molecule has 3 heterocycles. The summed E-state index contributed by atoms with van der Waals surface area (Å²) in [5.41, 5.74) is 0.645. The second-order valence-corrected chi connectivity index (χ2v) is 10.4. The molecular weight excluding hydrogens is 628 g/mol. The highest BCUT2D eigenvalue weighted by Gasteiger charge is 2.31. The molecular formula is C26H26F3IN6O3. The number of ether oxygens (including phenoxy) is 1. The molecule has 0 amide bonds. The number of fused-ring (bicyclic) bond motifs is 1. The smallest absolute Gasteiger partial charge is 0.406 e. The second-order valence-electron chi connectivity index (χ2n) is 9.28. The van der Waals surface area contributed by atoms with Crippen molar-refractivity contribution in [3.63, 3.8) is 0 Å². The molecule has 2 aromatic carbocycles. The average molecular weight is 654 g/mol. The molecule has 2 aromatic heterocycles. The van der Waals surface area contributed by atoms with Crippen molar-refractivity contribution < 1.29 is 17.9 Å². The predicted molar refractivity (Wildman–Crippen MR) is 149 cm³/mol. The minimum absolute atomic E-state index is 0.229. The zero-order valence-corrected chi connectivity index (χ0v) is 23.2. The number of nitrogens with one attached hydrogen (secondary N) is 1. The molecule has 1 aliphatic rings. The summed E-state index contributed by atoms with van der Waals surface area (Å²) in [5, 5.41) is 3.36. The van der Waals surface area contributed by atoms with Gasteiger partial charge in [-0.25, -0.2) is 4.79 Å². The van der Waals surface area contributed by atoms with E-state index < -0.39 is 23.4 Å². The van der Waals surface area contributed by atoms with Crippen LogP contribution in [0.3, 0.4) is 0 Å². The average Bonchev–Trinajstić information content (AvgIpc) is 3.05. The van der Waals surface area contributed by atoms with E-state index in [0.29, 0.717) is 24.6 Å². The van der Waals surface area contributed by atoms with Crippen LogP contribution in [0.25, 0.3) is 11.2 Å². The lowest BCUT2D eigenvalue weighted by molar-refractivity contribution is -0.274. The summed E-state index contributed by atoms with van der Waals surface area (Å²) in [6, 6.07) is 13.1. The van der Waals surface area contributed by atoms with Gasteiger partial charge in [-0.05, 0) is 64.9 Å². The maximum Gasteiger partial charge on any atom is 0.573 e. The molecule has 0 unspecified atom stereocenters. The van der Waals surface area contributed by atoms with E-state index in [1.54, 1.807) is 13.1 Å². The summed E-state index contributed by atoms with van der Waals surface area (Å²) in [4.78, 5) is 34.2. The Kier molecular flexibility index (Phi) is 7.71. The van der Waals surface area contributed by atoms with E-state index in [9.17, 15) is 22.8 Å². The first-order valence-electron chi connectivity index (χ1n) is 12.4. The zero-order chi connectivity index (χ0) is 27.7. The fourth-order valence-corrected chi connectivity index (χ4v) is 5.31. The van der Waals surface area contributed by atoms with Crippen molar-refractivity contribution in [1.82, 2.24) is 24.0 Å². The van der Waals surface area contributed by atoms with Gasteiger partial charge in [-0.15, -0.1) is 13.2 Å². The van der Waals surface area contributed by atoms with Crippen LogP contribution in [-0.2, 0) is 20.1 Å². The second kappa shape index (κ2) is 11.0. The third-order valence-corrected chi connectivity index (χ3v) is 7.65. The number of anilines is 1. The molecule has 0 bridgehead atoms. The zero-order valence-electron chi connectivity index (χ0n) is 21.0. The van der Waals surface area contributed by atoms with Gasteiger partial charge in [0.1, 0.15) is 5.75 Å². The van der Waals surface area contributed by atoms with Crippen LogP contribution in [0.5, 0.6) is 5.75 Å². The fraction of sp³-hybridized carbons (Fsp3) is 0.346. The van der Waals surface area contributed by atoms with Gasteiger partial charge in [0.05, 0.1) is 13.1 Å². The van der Waals surface area contributed by atoms with Crippen LogP contribution in [0.15, 0.2) is 58.1 Å². The van der Waals surface area contributed by atoms with E-state index in [1.807, 2.05) is 28.8 Å². The summed E-state index contributed by atoms with van der Waals surface area (Å²) < 4.78 is 47.4. The Morgan fingerprint density at radius 1 is 1.03 bits per heavy atom. The minimum Gasteiger partial charge on any atom is -0.406 e. The first kappa shape index (κ1) is 27.2. The highest BCUT2D eigenvalue weighted by Crippen LogP contribution is 2.25. The normalized spacial score (nSPS) is 14.5. The third-order valence-electron chi connectivity index (χ3n) is 6.59. The van der Waals surface area contributed by atoms with Crippen molar-refractivity contribution >= 4 is 39.7 Å². The van der Waals surface area contributed by atoms with E-state index in [2.05, 4.69) is 37.5 Å². The third kappa shape index (κ3) is 5.83. The number of imidazole rings is 1. The van der Waals surface area contributed by atoms with Crippen molar-refractivity contribution in [2.45, 2.75) is 25.9 Å². The summed E-state index contributed by atoms with van der Waals surface area (Å²) in [6.45, 7) is 3.17. The Labute approximate surface area is 235 Å². The number of aromatic nitrogens is 4. The quantitative estimate of drug-likeness (QED) is 0.322. The van der Waals surface area contributed by atoms with Crippen molar-refractivity contribution in [2.24, 2.45) is 7.05 Å². The molecule has 0 atom stereocenters.